The van der Waals surface area contributed by atoms with Crippen LogP contribution in [-0.2, 0) is 24.6 Å². The van der Waals surface area contributed by atoms with Crippen LogP contribution in [0.2, 0.25) is 24.7 Å². The number of halogens is 1. The van der Waals surface area contributed by atoms with Gasteiger partial charge >= 0.3 is 6.09 Å². The number of nitrogens with zero attached hydrogens (tertiary/aromatic N) is 3. The first kappa shape index (κ1) is 25.3. The lowest BCUT2D eigenvalue weighted by Gasteiger charge is -2.36. The lowest BCUT2D eigenvalue weighted by Crippen LogP contribution is -2.43. The highest BCUT2D eigenvalue weighted by Gasteiger charge is 2.38. The molecule has 1 atom stereocenters. The van der Waals surface area contributed by atoms with Gasteiger partial charge in [-0.25, -0.2) is 4.79 Å². The van der Waals surface area contributed by atoms with Crippen molar-refractivity contribution >= 4 is 42.0 Å². The van der Waals surface area contributed by atoms with Gasteiger partial charge in [0.25, 0.3) is 0 Å². The van der Waals surface area contributed by atoms with Gasteiger partial charge in [0.1, 0.15) is 0 Å². The van der Waals surface area contributed by atoms with E-state index in [2.05, 4.69) is 56.4 Å². The van der Waals surface area contributed by atoms with Gasteiger partial charge in [-0.15, -0.1) is 0 Å². The SMILES string of the molecule is CCOC(=O)N1CCC(C2c3ncccc3CCc3cc(Cl)c4c(c(C)c([Si](C)(C)C)n4C)c32)CC1. The van der Waals surface area contributed by atoms with E-state index in [1.807, 2.05) is 18.0 Å². The summed E-state index contributed by atoms with van der Waals surface area (Å²) in [6, 6.07) is 6.55. The molecule has 1 unspecified atom stereocenters. The van der Waals surface area contributed by atoms with Crippen LogP contribution >= 0.6 is 11.6 Å². The molecule has 2 aliphatic rings. The van der Waals surface area contributed by atoms with Crippen LogP contribution in [-0.4, -0.2) is 48.3 Å². The number of rotatable bonds is 3. The van der Waals surface area contributed by atoms with Gasteiger partial charge in [0.15, 0.2) is 0 Å². The quantitative estimate of drug-likeness (QED) is 0.385. The summed E-state index contributed by atoms with van der Waals surface area (Å²) in [5, 5.41) is 3.66. The summed E-state index contributed by atoms with van der Waals surface area (Å²) in [5.41, 5.74) is 7.90. The second-order valence-corrected chi connectivity index (χ2v) is 16.9. The fourth-order valence-corrected chi connectivity index (χ4v) is 9.68. The van der Waals surface area contributed by atoms with Crippen LogP contribution in [0.25, 0.3) is 10.9 Å². The molecule has 3 heterocycles. The third-order valence-corrected chi connectivity index (χ3v) is 10.6. The number of ether oxygens (including phenoxy) is 1. The summed E-state index contributed by atoms with van der Waals surface area (Å²) in [7, 11) is 0.573. The van der Waals surface area contributed by atoms with E-state index in [0.29, 0.717) is 12.5 Å². The number of pyridine rings is 1. The largest absolute Gasteiger partial charge is 0.450 e. The Hall–Kier alpha value is -2.31. The first-order valence-electron chi connectivity index (χ1n) is 13.3. The van der Waals surface area contributed by atoms with E-state index in [0.717, 1.165) is 43.8 Å². The first-order valence-corrected chi connectivity index (χ1v) is 17.2. The number of amides is 1. The number of hydrogen-bond donors (Lipinski definition) is 0. The molecule has 0 spiro atoms. The lowest BCUT2D eigenvalue weighted by molar-refractivity contribution is 0.0900. The van der Waals surface area contributed by atoms with E-state index in [4.69, 9.17) is 21.3 Å². The highest BCUT2D eigenvalue weighted by atomic mass is 35.5. The zero-order chi connectivity index (χ0) is 25.8. The smallest absolute Gasteiger partial charge is 0.409 e. The van der Waals surface area contributed by atoms with Gasteiger partial charge in [-0.2, -0.15) is 0 Å². The van der Waals surface area contributed by atoms with Crippen molar-refractivity contribution in [2.45, 2.75) is 65.1 Å². The molecule has 36 heavy (non-hydrogen) atoms. The highest BCUT2D eigenvalue weighted by molar-refractivity contribution is 6.88. The Morgan fingerprint density at radius 2 is 1.89 bits per heavy atom. The Labute approximate surface area is 220 Å². The predicted molar refractivity (Wildman–Crippen MR) is 150 cm³/mol. The van der Waals surface area contributed by atoms with Crippen LogP contribution in [0.15, 0.2) is 24.4 Å². The molecule has 0 N–H and O–H groups in total. The number of aryl methyl sites for hydroxylation is 4. The summed E-state index contributed by atoms with van der Waals surface area (Å²) in [4.78, 5) is 19.3. The number of benzene rings is 1. The first-order chi connectivity index (χ1) is 17.1. The van der Waals surface area contributed by atoms with E-state index in [9.17, 15) is 4.79 Å². The highest BCUT2D eigenvalue weighted by Crippen LogP contribution is 2.47. The molecule has 0 bridgehead atoms. The zero-order valence-electron chi connectivity index (χ0n) is 22.4. The molecule has 0 radical (unpaired) electrons. The maximum absolute atomic E-state index is 12.4. The number of piperidine rings is 1. The van der Waals surface area contributed by atoms with Crippen molar-refractivity contribution in [3.63, 3.8) is 0 Å². The van der Waals surface area contributed by atoms with Gasteiger partial charge in [-0.1, -0.05) is 37.3 Å². The van der Waals surface area contributed by atoms with E-state index >= 15 is 0 Å². The molecule has 0 saturated carbocycles. The minimum atomic E-state index is -1.62. The van der Waals surface area contributed by atoms with Gasteiger partial charge in [0, 0.05) is 43.0 Å². The fourth-order valence-electron chi connectivity index (χ4n) is 6.96. The average Bonchev–Trinajstić information content (AvgIpc) is 3.00. The van der Waals surface area contributed by atoms with E-state index in [1.165, 1.54) is 44.2 Å². The maximum atomic E-state index is 12.4. The van der Waals surface area contributed by atoms with Crippen molar-refractivity contribution in [3.05, 3.63) is 57.4 Å². The van der Waals surface area contributed by atoms with Gasteiger partial charge < -0.3 is 14.2 Å². The van der Waals surface area contributed by atoms with Crippen LogP contribution in [0, 0.1) is 12.8 Å². The third-order valence-electron chi connectivity index (χ3n) is 8.22. The molecule has 1 aromatic carbocycles. The molecule has 7 heteroatoms. The Morgan fingerprint density at radius 1 is 1.19 bits per heavy atom. The molecule has 3 aromatic rings. The van der Waals surface area contributed by atoms with Crippen molar-refractivity contribution in [2.75, 3.05) is 19.7 Å². The average molecular weight is 524 g/mol. The van der Waals surface area contributed by atoms with Crippen molar-refractivity contribution in [1.82, 2.24) is 14.5 Å². The molecule has 1 fully saturated rings. The summed E-state index contributed by atoms with van der Waals surface area (Å²) in [6.45, 7) is 13.3. The normalized spacial score (nSPS) is 18.6. The van der Waals surface area contributed by atoms with Crippen molar-refractivity contribution in [2.24, 2.45) is 13.0 Å². The Balaban J connectivity index is 1.71. The van der Waals surface area contributed by atoms with Crippen molar-refractivity contribution in [3.8, 4) is 0 Å². The maximum Gasteiger partial charge on any atom is 0.409 e. The van der Waals surface area contributed by atoms with Crippen LogP contribution in [0.1, 0.15) is 53.6 Å². The van der Waals surface area contributed by atoms with E-state index in [1.54, 1.807) is 0 Å². The minimum absolute atomic E-state index is 0.191. The molecule has 1 saturated heterocycles. The molecule has 2 aromatic heterocycles. The molecule has 192 valence electrons. The lowest BCUT2D eigenvalue weighted by atomic mass is 9.75. The standard InChI is InChI=1S/C29H38ClN3O2Si/c1-7-35-29(34)33-15-12-19(13-16-33)25-24-21(11-10-20-9-8-14-31-26(20)25)17-22(30)27-23(24)18(2)28(32(27)3)36(4,5)6/h8-9,14,17,19,25H,7,10-13,15-16H2,1-6H3. The zero-order valence-corrected chi connectivity index (χ0v) is 24.2. The summed E-state index contributed by atoms with van der Waals surface area (Å²) in [6.07, 6.45) is 5.58. The molecular formula is C29H38ClN3O2Si. The molecule has 5 nitrogen and oxygen atoms in total. The van der Waals surface area contributed by atoms with Gasteiger partial charge in [0.05, 0.1) is 30.9 Å². The molecule has 1 aliphatic carbocycles. The predicted octanol–water partition coefficient (Wildman–Crippen LogP) is 6.18. The van der Waals surface area contributed by atoms with Crippen LogP contribution < -0.4 is 5.32 Å². The molecule has 1 aliphatic heterocycles. The second-order valence-electron chi connectivity index (χ2n) is 11.5. The number of carbonyl (C=O) groups excluding carboxylic acids is 1. The summed E-state index contributed by atoms with van der Waals surface area (Å²) < 4.78 is 7.67. The number of fused-ring (bicyclic) bond motifs is 4. The molecule has 1 amide bonds. The number of aromatic nitrogens is 2. The third kappa shape index (κ3) is 4.16. The van der Waals surface area contributed by atoms with Crippen molar-refractivity contribution in [1.29, 1.82) is 0 Å². The summed E-state index contributed by atoms with van der Waals surface area (Å²) in [5.74, 6) is 0.596. The summed E-state index contributed by atoms with van der Waals surface area (Å²) >= 11 is 7.04. The molecular weight excluding hydrogens is 486 g/mol. The topological polar surface area (TPSA) is 47.4 Å². The number of likely N-dealkylation sites (tertiary alicyclic amines) is 1. The van der Waals surface area contributed by atoms with E-state index < -0.39 is 8.07 Å². The van der Waals surface area contributed by atoms with Gasteiger partial charge in [-0.3, -0.25) is 4.98 Å². The van der Waals surface area contributed by atoms with Gasteiger partial charge in [-0.05, 0) is 79.8 Å². The number of carbonyl (C=O) groups is 1. The second kappa shape index (κ2) is 9.53. The van der Waals surface area contributed by atoms with E-state index in [-0.39, 0.29) is 12.0 Å². The van der Waals surface area contributed by atoms with Crippen LogP contribution in [0.3, 0.4) is 0 Å². The Kier molecular flexibility index (Phi) is 6.71. The minimum Gasteiger partial charge on any atom is -0.450 e. The van der Waals surface area contributed by atoms with Crippen molar-refractivity contribution < 1.29 is 9.53 Å². The fraction of sp³-hybridized carbons (Fsp3) is 0.517. The Morgan fingerprint density at radius 3 is 2.56 bits per heavy atom. The van der Waals surface area contributed by atoms with Gasteiger partial charge in [0.2, 0.25) is 0 Å². The van der Waals surface area contributed by atoms with Crippen LogP contribution in [0.4, 0.5) is 4.79 Å². The Bertz CT molecular complexity index is 1320. The van der Waals surface area contributed by atoms with Crippen LogP contribution in [0.5, 0.6) is 0 Å². The number of hydrogen-bond acceptors (Lipinski definition) is 3. The monoisotopic (exact) mass is 523 g/mol. The molecule has 5 rings (SSSR count).